The Morgan fingerprint density at radius 1 is 0.919 bits per heavy atom. The number of aromatic nitrogens is 1. The van der Waals surface area contributed by atoms with E-state index in [1.165, 1.54) is 12.1 Å². The third kappa shape index (κ3) is 4.62. The highest BCUT2D eigenvalue weighted by Crippen LogP contribution is 2.40. The summed E-state index contributed by atoms with van der Waals surface area (Å²) >= 11 is 0. The lowest BCUT2D eigenvalue weighted by Gasteiger charge is -2.30. The number of halogens is 1. The fourth-order valence-electron chi connectivity index (χ4n) is 5.13. The largest absolute Gasteiger partial charge is 0.448 e. The van der Waals surface area contributed by atoms with Crippen molar-refractivity contribution in [2.45, 2.75) is 25.0 Å². The van der Waals surface area contributed by atoms with Gasteiger partial charge < -0.3 is 19.5 Å². The molecule has 37 heavy (non-hydrogen) atoms. The maximum atomic E-state index is 15.1. The zero-order chi connectivity index (χ0) is 25.4. The van der Waals surface area contributed by atoms with Crippen LogP contribution in [0.2, 0.25) is 0 Å². The van der Waals surface area contributed by atoms with E-state index in [9.17, 15) is 9.59 Å². The van der Waals surface area contributed by atoms with Gasteiger partial charge in [-0.05, 0) is 36.1 Å². The number of anilines is 1. The summed E-state index contributed by atoms with van der Waals surface area (Å²) in [7, 11) is 0. The molecule has 188 valence electrons. The number of rotatable bonds is 6. The average Bonchev–Trinajstić information content (AvgIpc) is 3.78. The molecular weight excluding hydrogens is 469 g/mol. The first kappa shape index (κ1) is 23.4. The fourth-order valence-corrected chi connectivity index (χ4v) is 5.13. The van der Waals surface area contributed by atoms with Crippen LogP contribution in [0, 0.1) is 5.82 Å². The van der Waals surface area contributed by atoms with Crippen molar-refractivity contribution in [2.75, 3.05) is 31.1 Å². The third-order valence-electron chi connectivity index (χ3n) is 7.13. The predicted octanol–water partition coefficient (Wildman–Crippen LogP) is 4.83. The molecule has 0 amide bonds. The van der Waals surface area contributed by atoms with Gasteiger partial charge >= 0.3 is 5.97 Å². The summed E-state index contributed by atoms with van der Waals surface area (Å²) in [6, 6.07) is 23.5. The summed E-state index contributed by atoms with van der Waals surface area (Å²) in [5.74, 6) is -0.992. The molecule has 2 fully saturated rings. The minimum Gasteiger partial charge on any atom is -0.448 e. The second-order valence-electron chi connectivity index (χ2n) is 9.66. The lowest BCUT2D eigenvalue weighted by Crippen LogP contribution is -2.43. The number of nitrogens with zero attached hydrogens (tertiary/aromatic N) is 2. The van der Waals surface area contributed by atoms with Gasteiger partial charge in [0.25, 0.3) is 0 Å². The van der Waals surface area contributed by atoms with E-state index in [1.54, 1.807) is 6.07 Å². The first-order valence-corrected chi connectivity index (χ1v) is 12.8. The minimum atomic E-state index is -0.627. The van der Waals surface area contributed by atoms with Gasteiger partial charge in [0.05, 0.1) is 11.2 Å². The van der Waals surface area contributed by atoms with E-state index in [1.807, 2.05) is 70.1 Å². The van der Waals surface area contributed by atoms with Crippen molar-refractivity contribution in [3.05, 3.63) is 112 Å². The number of benzene rings is 3. The smallest absolute Gasteiger partial charge is 0.356 e. The summed E-state index contributed by atoms with van der Waals surface area (Å²) in [5, 5.41) is 3.56. The van der Waals surface area contributed by atoms with Gasteiger partial charge in [0.15, 0.2) is 11.5 Å². The minimum absolute atomic E-state index is 0.0684. The van der Waals surface area contributed by atoms with Crippen molar-refractivity contribution in [3.8, 4) is 0 Å². The van der Waals surface area contributed by atoms with E-state index < -0.39 is 17.9 Å². The first-order valence-electron chi connectivity index (χ1n) is 12.8. The average molecular weight is 498 g/mol. The monoisotopic (exact) mass is 497 g/mol. The normalized spacial score (nSPS) is 15.8. The summed E-state index contributed by atoms with van der Waals surface area (Å²) < 4.78 is 23.1. The molecule has 0 unspecified atom stereocenters. The maximum absolute atomic E-state index is 15.1. The second-order valence-corrected chi connectivity index (χ2v) is 9.66. The summed E-state index contributed by atoms with van der Waals surface area (Å²) in [5.41, 5.74) is 2.53. The molecule has 6 rings (SSSR count). The molecule has 4 aromatic rings. The standard InChI is InChI=1S/C30H28FN3O3/c31-24-17-23-25(18-26(24)33-15-13-32-14-16-33)34(22-11-12-22)27(19-28(23)35)30(36)37-29(20-7-3-1-4-8-20)21-9-5-2-6-10-21/h1-10,17-19,22,29,32H,11-16H2. The molecule has 1 aliphatic heterocycles. The number of ether oxygens (including phenoxy) is 1. The topological polar surface area (TPSA) is 63.6 Å². The zero-order valence-electron chi connectivity index (χ0n) is 20.4. The lowest BCUT2D eigenvalue weighted by atomic mass is 10.0. The van der Waals surface area contributed by atoms with Gasteiger partial charge in [-0.2, -0.15) is 0 Å². The molecule has 0 spiro atoms. The molecule has 1 aromatic heterocycles. The van der Waals surface area contributed by atoms with Crippen LogP contribution in [0.4, 0.5) is 10.1 Å². The Kier molecular flexibility index (Phi) is 6.22. The highest BCUT2D eigenvalue weighted by atomic mass is 19.1. The molecule has 3 aromatic carbocycles. The molecule has 1 aliphatic carbocycles. The van der Waals surface area contributed by atoms with Gasteiger partial charge in [-0.25, -0.2) is 9.18 Å². The Morgan fingerprint density at radius 3 is 2.14 bits per heavy atom. The quantitative estimate of drug-likeness (QED) is 0.387. The van der Waals surface area contributed by atoms with Gasteiger partial charge in [0.1, 0.15) is 11.5 Å². The number of hydrogen-bond donors (Lipinski definition) is 1. The van der Waals surface area contributed by atoms with Crippen molar-refractivity contribution < 1.29 is 13.9 Å². The number of nitrogens with one attached hydrogen (secondary N) is 1. The molecule has 0 radical (unpaired) electrons. The highest BCUT2D eigenvalue weighted by Gasteiger charge is 2.32. The van der Waals surface area contributed by atoms with Gasteiger partial charge in [-0.1, -0.05) is 60.7 Å². The summed E-state index contributed by atoms with van der Waals surface area (Å²) in [6.07, 6.45) is 1.15. The zero-order valence-corrected chi connectivity index (χ0v) is 20.4. The molecule has 2 aliphatic rings. The van der Waals surface area contributed by atoms with Crippen molar-refractivity contribution in [2.24, 2.45) is 0 Å². The summed E-state index contributed by atoms with van der Waals surface area (Å²) in [6.45, 7) is 2.88. The number of fused-ring (bicyclic) bond motifs is 1. The van der Waals surface area contributed by atoms with Crippen LogP contribution in [0.25, 0.3) is 10.9 Å². The van der Waals surface area contributed by atoms with Crippen molar-refractivity contribution in [3.63, 3.8) is 0 Å². The van der Waals surface area contributed by atoms with E-state index in [0.717, 1.165) is 37.1 Å². The van der Waals surface area contributed by atoms with Crippen molar-refractivity contribution in [1.82, 2.24) is 9.88 Å². The van der Waals surface area contributed by atoms with Crippen molar-refractivity contribution >= 4 is 22.6 Å². The van der Waals surface area contributed by atoms with Gasteiger partial charge in [-0.3, -0.25) is 4.79 Å². The Bertz CT molecular complexity index is 1450. The third-order valence-corrected chi connectivity index (χ3v) is 7.13. The molecule has 0 atom stereocenters. The summed E-state index contributed by atoms with van der Waals surface area (Å²) in [4.78, 5) is 28.9. The molecule has 1 saturated carbocycles. The van der Waals surface area contributed by atoms with Crippen LogP contribution in [-0.2, 0) is 4.74 Å². The van der Waals surface area contributed by atoms with Crippen LogP contribution >= 0.6 is 0 Å². The number of hydrogen-bond acceptors (Lipinski definition) is 5. The van der Waals surface area contributed by atoms with Gasteiger partial charge in [-0.15, -0.1) is 0 Å². The molecular formula is C30H28FN3O3. The maximum Gasteiger partial charge on any atom is 0.356 e. The lowest BCUT2D eigenvalue weighted by molar-refractivity contribution is 0.0364. The van der Waals surface area contributed by atoms with Crippen LogP contribution in [0.5, 0.6) is 0 Å². The Morgan fingerprint density at radius 2 is 1.54 bits per heavy atom. The molecule has 1 N–H and O–H groups in total. The number of esters is 1. The van der Waals surface area contributed by atoms with Crippen LogP contribution < -0.4 is 15.6 Å². The number of carbonyl (C=O) groups is 1. The van der Waals surface area contributed by atoms with Crippen LogP contribution in [0.3, 0.4) is 0 Å². The SMILES string of the molecule is O=C(OC(c1ccccc1)c1ccccc1)c1cc(=O)c2cc(F)c(N3CCNCC3)cc2n1C1CC1. The Balaban J connectivity index is 1.45. The first-order chi connectivity index (χ1) is 18.1. The van der Waals surface area contributed by atoms with E-state index in [4.69, 9.17) is 4.74 Å². The molecule has 1 saturated heterocycles. The van der Waals surface area contributed by atoms with Gasteiger partial charge in [0.2, 0.25) is 0 Å². The van der Waals surface area contributed by atoms with E-state index in [-0.39, 0.29) is 22.6 Å². The Labute approximate surface area is 214 Å². The number of carbonyl (C=O) groups excluding carboxylic acids is 1. The second kappa shape index (κ2) is 9.82. The molecule has 0 bridgehead atoms. The molecule has 6 nitrogen and oxygen atoms in total. The number of piperazine rings is 1. The fraction of sp³-hybridized carbons (Fsp3) is 0.267. The Hall–Kier alpha value is -3.97. The highest BCUT2D eigenvalue weighted by molar-refractivity contribution is 5.93. The molecule has 2 heterocycles. The van der Waals surface area contributed by atoms with Gasteiger partial charge in [0, 0.05) is 43.7 Å². The molecule has 7 heteroatoms. The van der Waals surface area contributed by atoms with E-state index >= 15 is 4.39 Å². The number of pyridine rings is 1. The predicted molar refractivity (Wildman–Crippen MR) is 142 cm³/mol. The van der Waals surface area contributed by atoms with Crippen LogP contribution in [0.15, 0.2) is 83.7 Å². The van der Waals surface area contributed by atoms with Crippen LogP contribution in [-0.4, -0.2) is 36.7 Å². The van der Waals surface area contributed by atoms with E-state index in [2.05, 4.69) is 5.32 Å². The van der Waals surface area contributed by atoms with Crippen LogP contribution in [0.1, 0.15) is 46.6 Å². The van der Waals surface area contributed by atoms with Crippen molar-refractivity contribution in [1.29, 1.82) is 0 Å². The van der Waals surface area contributed by atoms with E-state index in [0.29, 0.717) is 24.3 Å².